The summed E-state index contributed by atoms with van der Waals surface area (Å²) < 4.78 is 0. The first kappa shape index (κ1) is 34.9. The number of rotatable bonds is 6. The molecule has 16 heteroatoms. The second kappa shape index (κ2) is 16.3. The van der Waals surface area contributed by atoms with E-state index in [0.717, 1.165) is 11.8 Å². The molecule has 43 heavy (non-hydrogen) atoms. The Hall–Kier alpha value is -4.34. The number of primary amides is 1. The summed E-state index contributed by atoms with van der Waals surface area (Å²) in [6.07, 6.45) is 0.156. The van der Waals surface area contributed by atoms with E-state index in [1.54, 1.807) is 6.07 Å². The van der Waals surface area contributed by atoms with Crippen molar-refractivity contribution in [2.24, 2.45) is 11.7 Å². The molecule has 1 aliphatic heterocycles. The largest absolute Gasteiger partial charge is 0.507 e. The van der Waals surface area contributed by atoms with Crippen molar-refractivity contribution in [2.75, 3.05) is 18.8 Å². The highest BCUT2D eigenvalue weighted by Gasteiger charge is 2.29. The Kier molecular flexibility index (Phi) is 13.2. The second-order valence-electron chi connectivity index (χ2n) is 10.5. The predicted molar refractivity (Wildman–Crippen MR) is 156 cm³/mol. The summed E-state index contributed by atoms with van der Waals surface area (Å²) >= 11 is 1.02. The van der Waals surface area contributed by atoms with Crippen LogP contribution in [0.3, 0.4) is 0 Å². The molecule has 7 amide bonds. The predicted octanol–water partition coefficient (Wildman–Crippen LogP) is -2.22. The van der Waals surface area contributed by atoms with E-state index in [9.17, 15) is 38.7 Å². The molecule has 0 aliphatic carbocycles. The van der Waals surface area contributed by atoms with Gasteiger partial charge in [0.15, 0.2) is 0 Å². The zero-order chi connectivity index (χ0) is 32.3. The smallest absolute Gasteiger partial charge is 0.243 e. The lowest BCUT2D eigenvalue weighted by molar-refractivity contribution is -0.133. The average molecular weight is 622 g/mol. The summed E-state index contributed by atoms with van der Waals surface area (Å²) in [6.45, 7) is 5.40. The van der Waals surface area contributed by atoms with Crippen LogP contribution in [0.1, 0.15) is 39.7 Å². The van der Waals surface area contributed by atoms with E-state index in [0.29, 0.717) is 10.5 Å². The molecule has 0 fully saturated rings. The molecule has 4 atom stereocenters. The number of phenolic OH excluding ortho intramolecular Hbond substituents is 1. The van der Waals surface area contributed by atoms with Gasteiger partial charge in [0.05, 0.1) is 13.1 Å². The van der Waals surface area contributed by atoms with Crippen LogP contribution in [-0.4, -0.2) is 89.5 Å². The van der Waals surface area contributed by atoms with E-state index in [1.165, 1.54) is 26.0 Å². The zero-order valence-electron chi connectivity index (χ0n) is 24.4. The average Bonchev–Trinajstić information content (AvgIpc) is 2.92. The Morgan fingerprint density at radius 2 is 1.77 bits per heavy atom. The summed E-state index contributed by atoms with van der Waals surface area (Å²) in [5, 5.41) is 25.3. The van der Waals surface area contributed by atoms with Gasteiger partial charge in [0.2, 0.25) is 41.4 Å². The van der Waals surface area contributed by atoms with Gasteiger partial charge in [0, 0.05) is 24.0 Å². The number of nitrogens with one attached hydrogen (secondary N) is 6. The SMILES string of the molecule is CC(=O)NCC(=O)N[C@H]1Cc2ccc(O)c(c2)SC[C@@H](C(N)=O)NC(=O)[C@H](CC(C)C)NC(=O)[C@H](C)NC(=O)CNC1=O. The molecule has 0 unspecified atom stereocenters. The van der Waals surface area contributed by atoms with Gasteiger partial charge in [0.25, 0.3) is 0 Å². The Morgan fingerprint density at radius 1 is 1.07 bits per heavy atom. The van der Waals surface area contributed by atoms with E-state index in [4.69, 9.17) is 5.73 Å². The molecule has 0 saturated carbocycles. The van der Waals surface area contributed by atoms with Crippen molar-refractivity contribution < 1.29 is 38.7 Å². The molecule has 2 rings (SSSR count). The van der Waals surface area contributed by atoms with Crippen LogP contribution in [-0.2, 0) is 40.0 Å². The van der Waals surface area contributed by atoms with Crippen LogP contribution in [0.25, 0.3) is 0 Å². The Labute approximate surface area is 253 Å². The monoisotopic (exact) mass is 621 g/mol. The van der Waals surface area contributed by atoms with Crippen LogP contribution in [0.5, 0.6) is 5.75 Å². The van der Waals surface area contributed by atoms with E-state index in [-0.39, 0.29) is 36.8 Å². The standard InChI is InChI=1S/C27H39N7O8S/c1-13(2)7-17-27(42)34-19(24(28)39)12-43-21-9-16(5-6-20(21)36)8-18(32-23(38)10-29-15(4)35)26(41)30-11-22(37)31-14(3)25(40)33-17/h5-6,9,13-14,17-19,36H,7-8,10-12H2,1-4H3,(H2,28,39)(H,29,35)(H,30,41)(H,31,37)(H,32,38)(H,33,40)(H,34,42)/t14-,17-,18-,19-/m0/s1. The van der Waals surface area contributed by atoms with Gasteiger partial charge >= 0.3 is 0 Å². The molecule has 0 radical (unpaired) electrons. The minimum absolute atomic E-state index is 0.0227. The summed E-state index contributed by atoms with van der Waals surface area (Å²) in [5.41, 5.74) is 6.05. The molecule has 15 nitrogen and oxygen atoms in total. The van der Waals surface area contributed by atoms with Gasteiger partial charge in [-0.15, -0.1) is 11.8 Å². The minimum atomic E-state index is -1.19. The number of nitrogens with two attached hydrogens (primary N) is 1. The van der Waals surface area contributed by atoms with E-state index in [1.807, 2.05) is 13.8 Å². The fourth-order valence-electron chi connectivity index (χ4n) is 3.98. The number of hydrogen-bond donors (Lipinski definition) is 8. The first-order valence-electron chi connectivity index (χ1n) is 13.6. The number of amides is 7. The van der Waals surface area contributed by atoms with Crippen molar-refractivity contribution >= 4 is 53.1 Å². The third kappa shape index (κ3) is 11.8. The lowest BCUT2D eigenvalue weighted by atomic mass is 10.0. The molecule has 0 aromatic heterocycles. The highest BCUT2D eigenvalue weighted by molar-refractivity contribution is 7.99. The van der Waals surface area contributed by atoms with Crippen molar-refractivity contribution in [3.05, 3.63) is 23.8 Å². The molecule has 1 aliphatic rings. The number of phenols is 1. The fourth-order valence-corrected chi connectivity index (χ4v) is 5.03. The highest BCUT2D eigenvalue weighted by Crippen LogP contribution is 2.30. The fraction of sp³-hybridized carbons (Fsp3) is 0.519. The molecule has 0 saturated heterocycles. The number of carbonyl (C=O) groups excluding carboxylic acids is 7. The van der Waals surface area contributed by atoms with Gasteiger partial charge in [-0.05, 0) is 37.0 Å². The number of carbonyl (C=O) groups is 7. The second-order valence-corrected chi connectivity index (χ2v) is 11.6. The molecule has 1 aromatic rings. The highest BCUT2D eigenvalue weighted by atomic mass is 32.2. The van der Waals surface area contributed by atoms with Crippen LogP contribution in [0.4, 0.5) is 0 Å². The Balaban J connectivity index is 2.42. The van der Waals surface area contributed by atoms with Gasteiger partial charge in [-0.25, -0.2) is 0 Å². The van der Waals surface area contributed by atoms with Crippen LogP contribution in [0.2, 0.25) is 0 Å². The van der Waals surface area contributed by atoms with Gasteiger partial charge in [-0.1, -0.05) is 19.9 Å². The van der Waals surface area contributed by atoms with E-state index < -0.39 is 72.1 Å². The van der Waals surface area contributed by atoms with E-state index >= 15 is 0 Å². The first-order chi connectivity index (χ1) is 20.2. The summed E-state index contributed by atoms with van der Waals surface area (Å²) in [5.74, 6) is -4.92. The maximum Gasteiger partial charge on any atom is 0.243 e. The Bertz CT molecular complexity index is 1240. The molecule has 0 spiro atoms. The summed E-state index contributed by atoms with van der Waals surface area (Å²) in [7, 11) is 0. The maximum atomic E-state index is 13.1. The van der Waals surface area contributed by atoms with Crippen molar-refractivity contribution in [1.29, 1.82) is 0 Å². The summed E-state index contributed by atoms with van der Waals surface area (Å²) in [4.78, 5) is 87.7. The van der Waals surface area contributed by atoms with Crippen LogP contribution < -0.4 is 37.6 Å². The van der Waals surface area contributed by atoms with Gasteiger partial charge in [0.1, 0.15) is 29.9 Å². The normalized spacial score (nSPS) is 22.4. The van der Waals surface area contributed by atoms with Gasteiger partial charge < -0.3 is 42.7 Å². The van der Waals surface area contributed by atoms with Gasteiger partial charge in [-0.2, -0.15) is 0 Å². The topological polar surface area (TPSA) is 238 Å². The van der Waals surface area contributed by atoms with Crippen molar-refractivity contribution in [3.8, 4) is 5.75 Å². The van der Waals surface area contributed by atoms with Crippen molar-refractivity contribution in [1.82, 2.24) is 31.9 Å². The van der Waals surface area contributed by atoms with Crippen LogP contribution in [0, 0.1) is 5.92 Å². The lowest BCUT2D eigenvalue weighted by Gasteiger charge is -2.24. The Morgan fingerprint density at radius 3 is 2.40 bits per heavy atom. The molecular weight excluding hydrogens is 582 g/mol. The molecule has 236 valence electrons. The van der Waals surface area contributed by atoms with Gasteiger partial charge in [-0.3, -0.25) is 33.6 Å². The summed E-state index contributed by atoms with van der Waals surface area (Å²) in [6, 6.07) is -0.0446. The molecule has 1 heterocycles. The van der Waals surface area contributed by atoms with Crippen LogP contribution >= 0.6 is 11.8 Å². The first-order valence-corrected chi connectivity index (χ1v) is 14.6. The molecule has 9 N–H and O–H groups in total. The molecular formula is C27H39N7O8S. The molecule has 1 aromatic carbocycles. The number of hydrogen-bond acceptors (Lipinski definition) is 9. The van der Waals surface area contributed by atoms with Crippen LogP contribution in [0.15, 0.2) is 23.1 Å². The minimum Gasteiger partial charge on any atom is -0.507 e. The third-order valence-corrected chi connectivity index (χ3v) is 7.35. The lowest BCUT2D eigenvalue weighted by Crippen LogP contribution is -2.57. The van der Waals surface area contributed by atoms with Crippen molar-refractivity contribution in [2.45, 2.75) is 69.6 Å². The number of thioether (sulfide) groups is 1. The molecule has 2 bridgehead atoms. The quantitative estimate of drug-likeness (QED) is 0.171. The van der Waals surface area contributed by atoms with Crippen molar-refractivity contribution in [3.63, 3.8) is 0 Å². The number of fused-ring (bicyclic) bond motifs is 2. The maximum absolute atomic E-state index is 13.1. The van der Waals surface area contributed by atoms with E-state index in [2.05, 4.69) is 31.9 Å². The zero-order valence-corrected chi connectivity index (χ0v) is 25.3. The third-order valence-electron chi connectivity index (χ3n) is 6.21. The number of benzene rings is 1. The number of aromatic hydroxyl groups is 1.